The standard InChI is InChI=1S/C24H20S2/c1-3-9-19(10-4-1)17-25-23-15-16-24(22-14-8-7-13-21(22)23)26-18-20-11-5-2-6-12-20/h1-16H,17-18H2. The average Bonchev–Trinajstić information content (AvgIpc) is 2.72. The highest BCUT2D eigenvalue weighted by atomic mass is 32.2. The van der Waals surface area contributed by atoms with Crippen molar-refractivity contribution in [1.29, 1.82) is 0 Å². The number of benzene rings is 4. The van der Waals surface area contributed by atoms with Crippen LogP contribution >= 0.6 is 23.5 Å². The van der Waals surface area contributed by atoms with Crippen LogP contribution in [0.25, 0.3) is 10.8 Å². The van der Waals surface area contributed by atoms with E-state index in [0.29, 0.717) is 0 Å². The normalized spacial score (nSPS) is 10.9. The zero-order chi connectivity index (χ0) is 17.6. The third kappa shape index (κ3) is 4.14. The molecule has 0 aliphatic carbocycles. The third-order valence-corrected chi connectivity index (χ3v) is 6.61. The molecule has 0 saturated heterocycles. The van der Waals surface area contributed by atoms with Crippen molar-refractivity contribution in [3.05, 3.63) is 108 Å². The van der Waals surface area contributed by atoms with Crippen molar-refractivity contribution in [3.63, 3.8) is 0 Å². The molecule has 2 heteroatoms. The van der Waals surface area contributed by atoms with Gasteiger partial charge in [-0.25, -0.2) is 0 Å². The van der Waals surface area contributed by atoms with Crippen molar-refractivity contribution in [3.8, 4) is 0 Å². The third-order valence-electron chi connectivity index (χ3n) is 4.32. The van der Waals surface area contributed by atoms with Crippen LogP contribution < -0.4 is 0 Å². The molecular weight excluding hydrogens is 352 g/mol. The van der Waals surface area contributed by atoms with Gasteiger partial charge < -0.3 is 0 Å². The molecule has 0 saturated carbocycles. The fraction of sp³-hybridized carbons (Fsp3) is 0.0833. The topological polar surface area (TPSA) is 0 Å². The molecule has 0 bridgehead atoms. The van der Waals surface area contributed by atoms with Crippen molar-refractivity contribution < 1.29 is 0 Å². The Bertz CT molecular complexity index is 897. The second-order valence-corrected chi connectivity index (χ2v) is 8.19. The van der Waals surface area contributed by atoms with Gasteiger partial charge in [-0.1, -0.05) is 84.9 Å². The summed E-state index contributed by atoms with van der Waals surface area (Å²) in [6.45, 7) is 0. The van der Waals surface area contributed by atoms with E-state index >= 15 is 0 Å². The van der Waals surface area contributed by atoms with Gasteiger partial charge in [0.1, 0.15) is 0 Å². The first-order valence-electron chi connectivity index (χ1n) is 8.75. The summed E-state index contributed by atoms with van der Waals surface area (Å²) in [5.74, 6) is 2.00. The van der Waals surface area contributed by atoms with Gasteiger partial charge in [-0.05, 0) is 34.0 Å². The maximum atomic E-state index is 2.28. The molecule has 0 spiro atoms. The minimum absolute atomic E-state index is 1.00. The molecule has 128 valence electrons. The molecule has 0 heterocycles. The Hall–Kier alpha value is -2.16. The van der Waals surface area contributed by atoms with E-state index in [2.05, 4.69) is 97.1 Å². The molecule has 4 rings (SSSR count). The van der Waals surface area contributed by atoms with E-state index in [1.54, 1.807) is 0 Å². The van der Waals surface area contributed by atoms with Gasteiger partial charge in [0.05, 0.1) is 0 Å². The van der Waals surface area contributed by atoms with Crippen molar-refractivity contribution in [2.75, 3.05) is 0 Å². The predicted molar refractivity (Wildman–Crippen MR) is 116 cm³/mol. The van der Waals surface area contributed by atoms with Gasteiger partial charge in [-0.2, -0.15) is 0 Å². The maximum Gasteiger partial charge on any atom is 0.0232 e. The Morgan fingerprint density at radius 2 is 0.808 bits per heavy atom. The number of fused-ring (bicyclic) bond motifs is 1. The first kappa shape index (κ1) is 17.3. The Kier molecular flexibility index (Phi) is 5.63. The minimum Gasteiger partial charge on any atom is -0.121 e. The van der Waals surface area contributed by atoms with Gasteiger partial charge in [0.2, 0.25) is 0 Å². The quantitative estimate of drug-likeness (QED) is 0.323. The summed E-state index contributed by atoms with van der Waals surface area (Å²) in [5.41, 5.74) is 2.73. The van der Waals surface area contributed by atoms with Crippen LogP contribution in [0.2, 0.25) is 0 Å². The Morgan fingerprint density at radius 3 is 1.23 bits per heavy atom. The molecule has 26 heavy (non-hydrogen) atoms. The Morgan fingerprint density at radius 1 is 0.423 bits per heavy atom. The molecule has 0 unspecified atom stereocenters. The fourth-order valence-electron chi connectivity index (χ4n) is 2.97. The molecule has 0 N–H and O–H groups in total. The number of thioether (sulfide) groups is 2. The van der Waals surface area contributed by atoms with Crippen LogP contribution in [0.15, 0.2) is 107 Å². The lowest BCUT2D eigenvalue weighted by Crippen LogP contribution is -1.85. The van der Waals surface area contributed by atoms with E-state index in [1.165, 1.54) is 31.7 Å². The maximum absolute atomic E-state index is 2.28. The highest BCUT2D eigenvalue weighted by Crippen LogP contribution is 2.36. The van der Waals surface area contributed by atoms with Gasteiger partial charge in [-0.3, -0.25) is 0 Å². The number of hydrogen-bond acceptors (Lipinski definition) is 2. The first-order valence-corrected chi connectivity index (χ1v) is 10.7. The molecule has 0 fully saturated rings. The van der Waals surface area contributed by atoms with Crippen LogP contribution in [-0.2, 0) is 11.5 Å². The SMILES string of the molecule is c1ccc(CSc2ccc(SCc3ccccc3)c3ccccc23)cc1. The van der Waals surface area contributed by atoms with E-state index in [1.807, 2.05) is 23.5 Å². The predicted octanol–water partition coefficient (Wildman–Crippen LogP) is 7.42. The molecule has 4 aromatic carbocycles. The van der Waals surface area contributed by atoms with E-state index < -0.39 is 0 Å². The summed E-state index contributed by atoms with van der Waals surface area (Å²) in [6.07, 6.45) is 0. The van der Waals surface area contributed by atoms with Gasteiger partial charge >= 0.3 is 0 Å². The molecule has 0 aromatic heterocycles. The molecular formula is C24H20S2. The van der Waals surface area contributed by atoms with E-state index in [9.17, 15) is 0 Å². The van der Waals surface area contributed by atoms with E-state index in [-0.39, 0.29) is 0 Å². The van der Waals surface area contributed by atoms with Gasteiger partial charge in [-0.15, -0.1) is 23.5 Å². The summed E-state index contributed by atoms with van der Waals surface area (Å²) < 4.78 is 0. The molecule has 0 radical (unpaired) electrons. The summed E-state index contributed by atoms with van der Waals surface area (Å²) in [7, 11) is 0. The Balaban J connectivity index is 1.57. The molecule has 0 aliphatic rings. The minimum atomic E-state index is 1.00. The van der Waals surface area contributed by atoms with Crippen LogP contribution in [0.4, 0.5) is 0 Å². The highest BCUT2D eigenvalue weighted by molar-refractivity contribution is 7.99. The van der Waals surface area contributed by atoms with Crippen molar-refractivity contribution >= 4 is 34.3 Å². The largest absolute Gasteiger partial charge is 0.121 e. The highest BCUT2D eigenvalue weighted by Gasteiger charge is 2.07. The molecule has 0 aliphatic heterocycles. The zero-order valence-corrected chi connectivity index (χ0v) is 16.1. The first-order chi connectivity index (χ1) is 12.9. The smallest absolute Gasteiger partial charge is 0.0232 e. The summed E-state index contributed by atoms with van der Waals surface area (Å²) in [5, 5.41) is 2.71. The van der Waals surface area contributed by atoms with Gasteiger partial charge in [0.25, 0.3) is 0 Å². The fourth-order valence-corrected chi connectivity index (χ4v) is 4.99. The molecule has 0 amide bonds. The monoisotopic (exact) mass is 372 g/mol. The van der Waals surface area contributed by atoms with Crippen molar-refractivity contribution in [2.24, 2.45) is 0 Å². The van der Waals surface area contributed by atoms with Crippen LogP contribution in [0.3, 0.4) is 0 Å². The van der Waals surface area contributed by atoms with Crippen LogP contribution in [0, 0.1) is 0 Å². The van der Waals surface area contributed by atoms with E-state index in [4.69, 9.17) is 0 Å². The van der Waals surface area contributed by atoms with Crippen LogP contribution in [0.5, 0.6) is 0 Å². The summed E-state index contributed by atoms with van der Waals surface area (Å²) in [4.78, 5) is 2.71. The second kappa shape index (κ2) is 8.48. The molecule has 0 atom stereocenters. The zero-order valence-electron chi connectivity index (χ0n) is 14.5. The summed E-state index contributed by atoms with van der Waals surface area (Å²) in [6, 6.07) is 34.7. The lowest BCUT2D eigenvalue weighted by Gasteiger charge is -2.11. The Labute approximate surface area is 163 Å². The second-order valence-electron chi connectivity index (χ2n) is 6.16. The lowest BCUT2D eigenvalue weighted by atomic mass is 10.1. The number of rotatable bonds is 6. The van der Waals surface area contributed by atoms with Crippen LogP contribution in [-0.4, -0.2) is 0 Å². The van der Waals surface area contributed by atoms with Gasteiger partial charge in [0, 0.05) is 21.3 Å². The lowest BCUT2D eigenvalue weighted by molar-refractivity contribution is 1.37. The molecule has 0 nitrogen and oxygen atoms in total. The van der Waals surface area contributed by atoms with E-state index in [0.717, 1.165) is 11.5 Å². The average molecular weight is 373 g/mol. The summed E-state index contributed by atoms with van der Waals surface area (Å²) >= 11 is 3.83. The number of hydrogen-bond donors (Lipinski definition) is 0. The van der Waals surface area contributed by atoms with Crippen molar-refractivity contribution in [2.45, 2.75) is 21.3 Å². The van der Waals surface area contributed by atoms with Gasteiger partial charge in [0.15, 0.2) is 0 Å². The van der Waals surface area contributed by atoms with Crippen molar-refractivity contribution in [1.82, 2.24) is 0 Å². The van der Waals surface area contributed by atoms with Crippen LogP contribution in [0.1, 0.15) is 11.1 Å². The molecule has 4 aromatic rings.